The first-order valence-corrected chi connectivity index (χ1v) is 5.58. The van der Waals surface area contributed by atoms with E-state index in [-0.39, 0.29) is 5.91 Å². The summed E-state index contributed by atoms with van der Waals surface area (Å²) >= 11 is 0. The van der Waals surface area contributed by atoms with Crippen molar-refractivity contribution in [1.82, 2.24) is 0 Å². The van der Waals surface area contributed by atoms with Gasteiger partial charge in [-0.05, 0) is 31.2 Å². The lowest BCUT2D eigenvalue weighted by Crippen LogP contribution is -2.25. The second-order valence-corrected chi connectivity index (χ2v) is 4.07. The number of aryl methyl sites for hydroxylation is 1. The highest BCUT2D eigenvalue weighted by Gasteiger charge is 2.12. The minimum Gasteiger partial charge on any atom is -0.311 e. The molecule has 2 aromatic carbocycles. The standard InChI is InChI=1S/C15H15NO/c1-12-8-10-13(11-9-12)15(17)16(2)14-6-4-3-5-7-14/h3-11H,1-2H3. The van der Waals surface area contributed by atoms with E-state index in [1.807, 2.05) is 61.5 Å². The molecule has 0 aliphatic rings. The Morgan fingerprint density at radius 3 is 2.12 bits per heavy atom. The van der Waals surface area contributed by atoms with Crippen LogP contribution in [-0.4, -0.2) is 13.0 Å². The summed E-state index contributed by atoms with van der Waals surface area (Å²) in [6, 6.07) is 17.3. The third kappa shape index (κ3) is 2.53. The topological polar surface area (TPSA) is 20.3 Å². The number of carbonyl (C=O) groups excluding carboxylic acids is 1. The van der Waals surface area contributed by atoms with Crippen molar-refractivity contribution >= 4 is 11.6 Å². The van der Waals surface area contributed by atoms with Crippen molar-refractivity contribution in [3.8, 4) is 0 Å². The van der Waals surface area contributed by atoms with Gasteiger partial charge in [-0.25, -0.2) is 0 Å². The molecule has 0 aliphatic heterocycles. The highest BCUT2D eigenvalue weighted by atomic mass is 16.2. The van der Waals surface area contributed by atoms with Crippen LogP contribution in [0.4, 0.5) is 5.69 Å². The Morgan fingerprint density at radius 1 is 0.941 bits per heavy atom. The molecule has 1 amide bonds. The van der Waals surface area contributed by atoms with Gasteiger partial charge in [0.15, 0.2) is 0 Å². The molecule has 0 atom stereocenters. The van der Waals surface area contributed by atoms with E-state index in [1.54, 1.807) is 11.9 Å². The number of nitrogens with zero attached hydrogens (tertiary/aromatic N) is 1. The Labute approximate surface area is 102 Å². The molecule has 0 spiro atoms. The van der Waals surface area contributed by atoms with E-state index in [4.69, 9.17) is 0 Å². The number of anilines is 1. The van der Waals surface area contributed by atoms with Gasteiger partial charge in [0, 0.05) is 18.3 Å². The van der Waals surface area contributed by atoms with Gasteiger partial charge in [-0.2, -0.15) is 0 Å². The second-order valence-electron chi connectivity index (χ2n) is 4.07. The van der Waals surface area contributed by atoms with Crippen molar-refractivity contribution in [3.63, 3.8) is 0 Å². The first-order valence-electron chi connectivity index (χ1n) is 5.58. The summed E-state index contributed by atoms with van der Waals surface area (Å²) in [5.74, 6) is 0.0104. The molecule has 0 radical (unpaired) electrons. The molecule has 2 heteroatoms. The van der Waals surface area contributed by atoms with Gasteiger partial charge < -0.3 is 4.90 Å². The summed E-state index contributed by atoms with van der Waals surface area (Å²) in [7, 11) is 1.79. The van der Waals surface area contributed by atoms with Crippen LogP contribution in [0.5, 0.6) is 0 Å². The first-order chi connectivity index (χ1) is 8.18. The maximum Gasteiger partial charge on any atom is 0.258 e. The lowest BCUT2D eigenvalue weighted by atomic mass is 10.1. The third-order valence-corrected chi connectivity index (χ3v) is 2.75. The molecule has 0 aromatic heterocycles. The van der Waals surface area contributed by atoms with Crippen molar-refractivity contribution in [2.45, 2.75) is 6.92 Å². The number of amides is 1. The summed E-state index contributed by atoms with van der Waals surface area (Å²) in [5.41, 5.74) is 2.77. The van der Waals surface area contributed by atoms with E-state index in [9.17, 15) is 4.79 Å². The molecule has 0 aliphatic carbocycles. The summed E-state index contributed by atoms with van der Waals surface area (Å²) in [4.78, 5) is 13.8. The van der Waals surface area contributed by atoms with E-state index in [2.05, 4.69) is 0 Å². The normalized spacial score (nSPS) is 10.0. The Balaban J connectivity index is 2.23. The monoisotopic (exact) mass is 225 g/mol. The number of carbonyl (C=O) groups is 1. The third-order valence-electron chi connectivity index (χ3n) is 2.75. The number of benzene rings is 2. The number of hydrogen-bond acceptors (Lipinski definition) is 1. The van der Waals surface area contributed by atoms with Gasteiger partial charge in [-0.3, -0.25) is 4.79 Å². The van der Waals surface area contributed by atoms with Crippen LogP contribution in [0.1, 0.15) is 15.9 Å². The molecule has 2 aromatic rings. The van der Waals surface area contributed by atoms with E-state index in [1.165, 1.54) is 0 Å². The SMILES string of the molecule is Cc1ccc(C(=O)N(C)c2ccccc2)cc1. The summed E-state index contributed by atoms with van der Waals surface area (Å²) in [6.07, 6.45) is 0. The zero-order valence-electron chi connectivity index (χ0n) is 10.1. The second kappa shape index (κ2) is 4.83. The van der Waals surface area contributed by atoms with Crippen molar-refractivity contribution in [1.29, 1.82) is 0 Å². The van der Waals surface area contributed by atoms with Crippen molar-refractivity contribution in [2.24, 2.45) is 0 Å². The molecule has 2 nitrogen and oxygen atoms in total. The van der Waals surface area contributed by atoms with Gasteiger partial charge in [0.25, 0.3) is 5.91 Å². The Hall–Kier alpha value is -2.09. The van der Waals surface area contributed by atoms with Crippen LogP contribution in [0, 0.1) is 6.92 Å². The Morgan fingerprint density at radius 2 is 1.53 bits per heavy atom. The van der Waals surface area contributed by atoms with Crippen LogP contribution in [0.3, 0.4) is 0 Å². The Bertz CT molecular complexity index is 502. The summed E-state index contributed by atoms with van der Waals surface area (Å²) < 4.78 is 0. The van der Waals surface area contributed by atoms with Gasteiger partial charge >= 0.3 is 0 Å². The molecule has 0 N–H and O–H groups in total. The minimum atomic E-state index is 0.0104. The molecule has 86 valence electrons. The minimum absolute atomic E-state index is 0.0104. The summed E-state index contributed by atoms with van der Waals surface area (Å²) in [6.45, 7) is 2.01. The fourth-order valence-electron chi connectivity index (χ4n) is 1.66. The van der Waals surface area contributed by atoms with Gasteiger partial charge in [0.1, 0.15) is 0 Å². The maximum absolute atomic E-state index is 12.2. The van der Waals surface area contributed by atoms with E-state index < -0.39 is 0 Å². The fourth-order valence-corrected chi connectivity index (χ4v) is 1.66. The number of hydrogen-bond donors (Lipinski definition) is 0. The van der Waals surface area contributed by atoms with Gasteiger partial charge in [0.2, 0.25) is 0 Å². The highest BCUT2D eigenvalue weighted by molar-refractivity contribution is 6.05. The van der Waals surface area contributed by atoms with E-state index in [0.29, 0.717) is 5.56 Å². The van der Waals surface area contributed by atoms with Crippen LogP contribution < -0.4 is 4.90 Å². The van der Waals surface area contributed by atoms with Crippen LogP contribution in [0.2, 0.25) is 0 Å². The molecular weight excluding hydrogens is 210 g/mol. The number of rotatable bonds is 2. The number of para-hydroxylation sites is 1. The maximum atomic E-state index is 12.2. The van der Waals surface area contributed by atoms with Crippen LogP contribution >= 0.6 is 0 Å². The molecule has 0 bridgehead atoms. The molecule has 0 heterocycles. The molecule has 17 heavy (non-hydrogen) atoms. The molecule has 0 saturated carbocycles. The summed E-state index contributed by atoms with van der Waals surface area (Å²) in [5, 5.41) is 0. The van der Waals surface area contributed by atoms with Crippen molar-refractivity contribution < 1.29 is 4.79 Å². The van der Waals surface area contributed by atoms with Gasteiger partial charge in [0.05, 0.1) is 0 Å². The lowest BCUT2D eigenvalue weighted by Gasteiger charge is -2.17. The zero-order chi connectivity index (χ0) is 12.3. The first kappa shape index (κ1) is 11.4. The van der Waals surface area contributed by atoms with E-state index in [0.717, 1.165) is 11.3 Å². The lowest BCUT2D eigenvalue weighted by molar-refractivity contribution is 0.0993. The highest BCUT2D eigenvalue weighted by Crippen LogP contribution is 2.15. The molecule has 0 fully saturated rings. The largest absolute Gasteiger partial charge is 0.311 e. The molecular formula is C15H15NO. The smallest absolute Gasteiger partial charge is 0.258 e. The predicted octanol–water partition coefficient (Wildman–Crippen LogP) is 3.27. The quantitative estimate of drug-likeness (QED) is 0.768. The average molecular weight is 225 g/mol. The van der Waals surface area contributed by atoms with Crippen LogP contribution in [0.15, 0.2) is 54.6 Å². The molecule has 2 rings (SSSR count). The predicted molar refractivity (Wildman–Crippen MR) is 70.4 cm³/mol. The zero-order valence-corrected chi connectivity index (χ0v) is 10.1. The van der Waals surface area contributed by atoms with Crippen LogP contribution in [0.25, 0.3) is 0 Å². The van der Waals surface area contributed by atoms with Crippen molar-refractivity contribution in [2.75, 3.05) is 11.9 Å². The van der Waals surface area contributed by atoms with E-state index >= 15 is 0 Å². The average Bonchev–Trinajstić information content (AvgIpc) is 2.39. The van der Waals surface area contributed by atoms with Crippen LogP contribution in [-0.2, 0) is 0 Å². The van der Waals surface area contributed by atoms with Gasteiger partial charge in [-0.15, -0.1) is 0 Å². The van der Waals surface area contributed by atoms with Crippen molar-refractivity contribution in [3.05, 3.63) is 65.7 Å². The fraction of sp³-hybridized carbons (Fsp3) is 0.133. The molecule has 0 saturated heterocycles. The van der Waals surface area contributed by atoms with Gasteiger partial charge in [-0.1, -0.05) is 35.9 Å². The molecule has 0 unspecified atom stereocenters. The Kier molecular flexibility index (Phi) is 3.24.